The van der Waals surface area contributed by atoms with Crippen LogP contribution in [-0.2, 0) is 4.74 Å². The molecule has 1 aliphatic rings. The lowest BCUT2D eigenvalue weighted by Gasteiger charge is -2.36. The van der Waals surface area contributed by atoms with E-state index in [9.17, 15) is 20.4 Å². The molecule has 1 rings (SSSR count). The first-order chi connectivity index (χ1) is 32.8. The summed E-state index contributed by atoms with van der Waals surface area (Å²) in [5.41, 5.74) is 0. The van der Waals surface area contributed by atoms with Crippen LogP contribution in [-0.4, -0.2) is 156 Å². The van der Waals surface area contributed by atoms with E-state index in [2.05, 4.69) is 47.3 Å². The van der Waals surface area contributed by atoms with Crippen LogP contribution in [0.1, 0.15) is 259 Å². The molecule has 1 fully saturated rings. The molecule has 4 unspecified atom stereocenters. The molecule has 0 radical (unpaired) electrons. The molecule has 0 bridgehead atoms. The fourth-order valence-electron chi connectivity index (χ4n) is 10.1. The molecule has 1 heterocycles. The zero-order chi connectivity index (χ0) is 48.7. The summed E-state index contributed by atoms with van der Waals surface area (Å²) >= 11 is 0. The van der Waals surface area contributed by atoms with E-state index in [1.54, 1.807) is 0 Å². The summed E-state index contributed by atoms with van der Waals surface area (Å²) in [6.45, 7) is 20.7. The van der Waals surface area contributed by atoms with Crippen LogP contribution >= 0.6 is 0 Å². The number of nitrogens with zero attached hydrogens (tertiary/aromatic N) is 4. The number of unbranched alkanes of at least 4 members (excludes halogenated alkanes) is 28. The Labute approximate surface area is 418 Å². The molecule has 4 atom stereocenters. The monoisotopic (exact) mass is 953 g/mol. The van der Waals surface area contributed by atoms with E-state index < -0.39 is 0 Å². The molecule has 9 heteroatoms. The predicted molar refractivity (Wildman–Crippen MR) is 290 cm³/mol. The smallest absolute Gasteiger partial charge is 0.0667 e. The van der Waals surface area contributed by atoms with Crippen molar-refractivity contribution in [1.29, 1.82) is 0 Å². The minimum absolute atomic E-state index is 0.325. The maximum Gasteiger partial charge on any atom is 0.0667 e. The predicted octanol–water partition coefficient (Wildman–Crippen LogP) is 12.8. The van der Waals surface area contributed by atoms with Crippen LogP contribution in [0.4, 0.5) is 0 Å². The lowest BCUT2D eigenvalue weighted by molar-refractivity contribution is 0.0286. The number of aliphatic hydroxyl groups is 4. The quantitative estimate of drug-likeness (QED) is 0.0444. The zero-order valence-corrected chi connectivity index (χ0v) is 45.7. The van der Waals surface area contributed by atoms with Crippen molar-refractivity contribution in [2.75, 3.05) is 91.8 Å². The lowest BCUT2D eigenvalue weighted by Crippen LogP contribution is -2.50. The summed E-state index contributed by atoms with van der Waals surface area (Å²) in [5.74, 6) is 0. The molecule has 67 heavy (non-hydrogen) atoms. The molecule has 0 aromatic carbocycles. The third-order valence-corrected chi connectivity index (χ3v) is 14.7. The number of piperazine rings is 1. The van der Waals surface area contributed by atoms with Crippen molar-refractivity contribution < 1.29 is 25.2 Å². The SMILES string of the molecule is CCCCCCCCCCC(O)CN(CCOCCN1CCN(CCN(CC(O)CCCCCCCCCC)CC(O)CCCCCCCCCC)CC1)CC(O)CCCCCCCCCC. The van der Waals surface area contributed by atoms with Gasteiger partial charge < -0.3 is 25.2 Å². The summed E-state index contributed by atoms with van der Waals surface area (Å²) < 4.78 is 6.22. The lowest BCUT2D eigenvalue weighted by atomic mass is 10.0. The van der Waals surface area contributed by atoms with Gasteiger partial charge in [0.25, 0.3) is 0 Å². The standard InChI is InChI=1S/C58H120N4O5/c1-5-9-13-17-21-25-29-33-37-55(63)51-61(52-56(64)38-34-30-26-22-18-14-10-6-2)46-45-59-41-43-60(44-42-59)47-49-67-50-48-62(53-57(65)39-35-31-27-23-19-15-11-7-3)54-58(66)40-36-32-28-24-20-16-12-8-4/h55-58,63-66H,5-54H2,1-4H3. The Balaban J connectivity index is 2.51. The fourth-order valence-corrected chi connectivity index (χ4v) is 10.1. The zero-order valence-electron chi connectivity index (χ0n) is 45.7. The van der Waals surface area contributed by atoms with Gasteiger partial charge in [0.05, 0.1) is 37.6 Å². The highest BCUT2D eigenvalue weighted by molar-refractivity contribution is 4.76. The first-order valence-corrected chi connectivity index (χ1v) is 30.0. The van der Waals surface area contributed by atoms with Crippen molar-refractivity contribution in [2.24, 2.45) is 0 Å². The Bertz CT molecular complexity index is 915. The van der Waals surface area contributed by atoms with E-state index in [0.717, 1.165) is 104 Å². The average Bonchev–Trinajstić information content (AvgIpc) is 3.31. The molecule has 0 aliphatic carbocycles. The minimum atomic E-state index is -0.353. The van der Waals surface area contributed by atoms with Crippen molar-refractivity contribution in [3.05, 3.63) is 0 Å². The van der Waals surface area contributed by atoms with Crippen molar-refractivity contribution in [2.45, 2.75) is 283 Å². The van der Waals surface area contributed by atoms with Crippen LogP contribution in [0.5, 0.6) is 0 Å². The average molecular weight is 954 g/mol. The van der Waals surface area contributed by atoms with Gasteiger partial charge in [-0.25, -0.2) is 0 Å². The summed E-state index contributed by atoms with van der Waals surface area (Å²) in [4.78, 5) is 9.71. The minimum Gasteiger partial charge on any atom is -0.392 e. The Kier molecular flexibility index (Phi) is 47.5. The van der Waals surface area contributed by atoms with Crippen molar-refractivity contribution in [3.63, 3.8) is 0 Å². The first kappa shape index (κ1) is 64.7. The molecule has 0 aromatic rings. The van der Waals surface area contributed by atoms with E-state index in [1.165, 1.54) is 180 Å². The van der Waals surface area contributed by atoms with E-state index in [0.29, 0.717) is 39.4 Å². The Morgan fingerprint density at radius 2 is 0.582 bits per heavy atom. The van der Waals surface area contributed by atoms with Gasteiger partial charge in [0.2, 0.25) is 0 Å². The van der Waals surface area contributed by atoms with Crippen LogP contribution in [0.25, 0.3) is 0 Å². The molecular weight excluding hydrogens is 833 g/mol. The van der Waals surface area contributed by atoms with E-state index in [-0.39, 0.29) is 24.4 Å². The van der Waals surface area contributed by atoms with Crippen molar-refractivity contribution >= 4 is 0 Å². The van der Waals surface area contributed by atoms with Crippen LogP contribution in [0.2, 0.25) is 0 Å². The van der Waals surface area contributed by atoms with Gasteiger partial charge in [0.15, 0.2) is 0 Å². The molecule has 9 nitrogen and oxygen atoms in total. The summed E-state index contributed by atoms with van der Waals surface area (Å²) in [7, 11) is 0. The third kappa shape index (κ3) is 43.0. The van der Waals surface area contributed by atoms with Gasteiger partial charge in [0.1, 0.15) is 0 Å². The topological polar surface area (TPSA) is 103 Å². The number of ether oxygens (including phenoxy) is 1. The highest BCUT2D eigenvalue weighted by Gasteiger charge is 2.21. The summed E-state index contributed by atoms with van der Waals surface area (Å²) in [6, 6.07) is 0. The second-order valence-electron chi connectivity index (χ2n) is 21.5. The molecule has 4 N–H and O–H groups in total. The highest BCUT2D eigenvalue weighted by atomic mass is 16.5. The highest BCUT2D eigenvalue weighted by Crippen LogP contribution is 2.16. The normalized spacial score (nSPS) is 15.9. The number of hydrogen-bond acceptors (Lipinski definition) is 9. The summed E-state index contributed by atoms with van der Waals surface area (Å²) in [6.07, 6.45) is 43.0. The molecule has 402 valence electrons. The second-order valence-corrected chi connectivity index (χ2v) is 21.5. The largest absolute Gasteiger partial charge is 0.392 e. The van der Waals surface area contributed by atoms with Gasteiger partial charge in [-0.1, -0.05) is 233 Å². The Morgan fingerprint density at radius 3 is 0.881 bits per heavy atom. The first-order valence-electron chi connectivity index (χ1n) is 30.0. The van der Waals surface area contributed by atoms with Crippen LogP contribution in [0.3, 0.4) is 0 Å². The van der Waals surface area contributed by atoms with E-state index in [1.807, 2.05) is 0 Å². The number of hydrogen-bond donors (Lipinski definition) is 4. The fraction of sp³-hybridized carbons (Fsp3) is 1.00. The number of aliphatic hydroxyl groups excluding tert-OH is 4. The van der Waals surface area contributed by atoms with E-state index in [4.69, 9.17) is 4.74 Å². The van der Waals surface area contributed by atoms with Gasteiger partial charge in [0, 0.05) is 78.5 Å². The molecule has 1 saturated heterocycles. The van der Waals surface area contributed by atoms with Gasteiger partial charge in [-0.2, -0.15) is 0 Å². The van der Waals surface area contributed by atoms with Crippen LogP contribution in [0.15, 0.2) is 0 Å². The maximum absolute atomic E-state index is 11.1. The molecular formula is C58H120N4O5. The van der Waals surface area contributed by atoms with Gasteiger partial charge >= 0.3 is 0 Å². The van der Waals surface area contributed by atoms with E-state index >= 15 is 0 Å². The molecule has 0 saturated carbocycles. The van der Waals surface area contributed by atoms with Gasteiger partial charge in [-0.05, 0) is 25.7 Å². The molecule has 0 aromatic heterocycles. The number of rotatable bonds is 53. The van der Waals surface area contributed by atoms with Crippen molar-refractivity contribution in [1.82, 2.24) is 19.6 Å². The third-order valence-electron chi connectivity index (χ3n) is 14.7. The van der Waals surface area contributed by atoms with Gasteiger partial charge in [-0.3, -0.25) is 19.6 Å². The van der Waals surface area contributed by atoms with Gasteiger partial charge in [-0.15, -0.1) is 0 Å². The van der Waals surface area contributed by atoms with Crippen LogP contribution in [0, 0.1) is 0 Å². The Morgan fingerprint density at radius 1 is 0.328 bits per heavy atom. The maximum atomic E-state index is 11.1. The Hall–Kier alpha value is -0.360. The molecule has 1 aliphatic heterocycles. The summed E-state index contributed by atoms with van der Waals surface area (Å²) in [5, 5.41) is 44.3. The van der Waals surface area contributed by atoms with Crippen LogP contribution < -0.4 is 0 Å². The molecule has 0 spiro atoms. The second kappa shape index (κ2) is 49.2. The molecule has 0 amide bonds. The van der Waals surface area contributed by atoms with Crippen molar-refractivity contribution in [3.8, 4) is 0 Å².